The molecule has 0 heterocycles. The minimum absolute atomic E-state index is 0.00445. The van der Waals surface area contributed by atoms with Gasteiger partial charge in [-0.3, -0.25) is 4.79 Å². The van der Waals surface area contributed by atoms with E-state index in [1.165, 1.54) is 0 Å². The first-order chi connectivity index (χ1) is 9.03. The number of ether oxygens (including phenoxy) is 2. The number of hydrogen-bond acceptors (Lipinski definition) is 4. The first kappa shape index (κ1) is 15.3. The third-order valence-electron chi connectivity index (χ3n) is 3.22. The van der Waals surface area contributed by atoms with Crippen molar-refractivity contribution in [2.75, 3.05) is 14.2 Å². The summed E-state index contributed by atoms with van der Waals surface area (Å²) in [6.07, 6.45) is 0.719. The number of rotatable bonds is 7. The molecule has 5 nitrogen and oxygen atoms in total. The van der Waals surface area contributed by atoms with Gasteiger partial charge in [0, 0.05) is 12.0 Å². The molecule has 0 bridgehead atoms. The van der Waals surface area contributed by atoms with Gasteiger partial charge in [0.1, 0.15) is 0 Å². The summed E-state index contributed by atoms with van der Waals surface area (Å²) in [7, 11) is 3.11. The van der Waals surface area contributed by atoms with Gasteiger partial charge in [-0.05, 0) is 24.1 Å². The maximum atomic E-state index is 11.0. The largest absolute Gasteiger partial charge is 0.493 e. The van der Waals surface area contributed by atoms with Crippen molar-refractivity contribution in [2.45, 2.75) is 31.7 Å². The first-order valence-corrected chi connectivity index (χ1v) is 6.22. The van der Waals surface area contributed by atoms with E-state index >= 15 is 0 Å². The Labute approximate surface area is 113 Å². The molecular formula is C14H21NO4. The van der Waals surface area contributed by atoms with Crippen molar-refractivity contribution < 1.29 is 19.4 Å². The fourth-order valence-corrected chi connectivity index (χ4v) is 2.07. The van der Waals surface area contributed by atoms with Gasteiger partial charge in [0.25, 0.3) is 0 Å². The van der Waals surface area contributed by atoms with E-state index < -0.39 is 5.97 Å². The molecule has 0 saturated carbocycles. The van der Waals surface area contributed by atoms with E-state index in [1.807, 2.05) is 13.0 Å². The van der Waals surface area contributed by atoms with Gasteiger partial charge in [-0.1, -0.05) is 13.0 Å². The molecule has 0 aliphatic heterocycles. The third-order valence-corrected chi connectivity index (χ3v) is 3.22. The Morgan fingerprint density at radius 1 is 1.32 bits per heavy atom. The summed E-state index contributed by atoms with van der Waals surface area (Å²) >= 11 is 0. The van der Waals surface area contributed by atoms with Gasteiger partial charge in [-0.15, -0.1) is 0 Å². The zero-order valence-electron chi connectivity index (χ0n) is 11.6. The van der Waals surface area contributed by atoms with Gasteiger partial charge in [0.2, 0.25) is 0 Å². The molecule has 1 aromatic carbocycles. The highest BCUT2D eigenvalue weighted by atomic mass is 16.5. The Morgan fingerprint density at radius 2 is 1.95 bits per heavy atom. The number of methoxy groups -OCH3 is 2. The van der Waals surface area contributed by atoms with Crippen LogP contribution in [0.3, 0.4) is 0 Å². The second kappa shape index (κ2) is 6.99. The highest BCUT2D eigenvalue weighted by molar-refractivity contribution is 5.68. The van der Waals surface area contributed by atoms with Crippen LogP contribution >= 0.6 is 0 Å². The molecule has 106 valence electrons. The van der Waals surface area contributed by atoms with E-state index in [0.29, 0.717) is 17.9 Å². The van der Waals surface area contributed by atoms with Crippen molar-refractivity contribution in [2.24, 2.45) is 5.73 Å². The SMILES string of the molecule is CCC(N)C(CC(=O)O)c1ccc(OC)c(OC)c1. The van der Waals surface area contributed by atoms with Crippen molar-refractivity contribution in [3.63, 3.8) is 0 Å². The lowest BCUT2D eigenvalue weighted by atomic mass is 9.87. The van der Waals surface area contributed by atoms with Crippen LogP contribution in [0, 0.1) is 0 Å². The number of carboxylic acids is 1. The summed E-state index contributed by atoms with van der Waals surface area (Å²) in [5.74, 6) is 0.107. The first-order valence-electron chi connectivity index (χ1n) is 6.22. The van der Waals surface area contributed by atoms with Gasteiger partial charge in [-0.2, -0.15) is 0 Å². The quantitative estimate of drug-likeness (QED) is 0.789. The molecular weight excluding hydrogens is 246 g/mol. The lowest BCUT2D eigenvalue weighted by molar-refractivity contribution is -0.137. The second-order valence-electron chi connectivity index (χ2n) is 4.39. The molecule has 0 spiro atoms. The maximum Gasteiger partial charge on any atom is 0.304 e. The number of carbonyl (C=O) groups is 1. The number of aliphatic carboxylic acids is 1. The predicted octanol–water partition coefficient (Wildman–Crippen LogP) is 2.00. The predicted molar refractivity (Wildman–Crippen MR) is 72.8 cm³/mol. The van der Waals surface area contributed by atoms with Crippen molar-refractivity contribution in [3.05, 3.63) is 23.8 Å². The van der Waals surface area contributed by atoms with E-state index in [1.54, 1.807) is 26.4 Å². The number of hydrogen-bond donors (Lipinski definition) is 2. The summed E-state index contributed by atoms with van der Waals surface area (Å²) < 4.78 is 10.4. The monoisotopic (exact) mass is 267 g/mol. The van der Waals surface area contributed by atoms with Crippen LogP contribution in [0.15, 0.2) is 18.2 Å². The second-order valence-corrected chi connectivity index (χ2v) is 4.39. The molecule has 1 aromatic rings. The van der Waals surface area contributed by atoms with Crippen LogP contribution in [0.5, 0.6) is 11.5 Å². The van der Waals surface area contributed by atoms with Crippen LogP contribution in [-0.2, 0) is 4.79 Å². The Morgan fingerprint density at radius 3 is 2.42 bits per heavy atom. The van der Waals surface area contributed by atoms with Crippen molar-refractivity contribution in [3.8, 4) is 11.5 Å². The molecule has 5 heteroatoms. The highest BCUT2D eigenvalue weighted by Crippen LogP contribution is 2.33. The van der Waals surface area contributed by atoms with Crippen molar-refractivity contribution in [1.82, 2.24) is 0 Å². The van der Waals surface area contributed by atoms with Gasteiger partial charge in [0.15, 0.2) is 11.5 Å². The highest BCUT2D eigenvalue weighted by Gasteiger charge is 2.22. The number of benzene rings is 1. The topological polar surface area (TPSA) is 81.8 Å². The lowest BCUT2D eigenvalue weighted by Gasteiger charge is -2.22. The zero-order valence-corrected chi connectivity index (χ0v) is 11.6. The fourth-order valence-electron chi connectivity index (χ4n) is 2.07. The molecule has 2 atom stereocenters. The molecule has 0 aliphatic rings. The van der Waals surface area contributed by atoms with E-state index in [2.05, 4.69) is 0 Å². The molecule has 0 saturated heterocycles. The minimum Gasteiger partial charge on any atom is -0.493 e. The molecule has 19 heavy (non-hydrogen) atoms. The van der Waals surface area contributed by atoms with E-state index in [0.717, 1.165) is 5.56 Å². The Hall–Kier alpha value is -1.75. The summed E-state index contributed by atoms with van der Waals surface area (Å²) in [6.45, 7) is 1.94. The summed E-state index contributed by atoms with van der Waals surface area (Å²) in [5.41, 5.74) is 6.88. The fraction of sp³-hybridized carbons (Fsp3) is 0.500. The third kappa shape index (κ3) is 3.86. The minimum atomic E-state index is -0.858. The molecule has 1 rings (SSSR count). The number of nitrogens with two attached hydrogens (primary N) is 1. The van der Waals surface area contributed by atoms with Crippen LogP contribution < -0.4 is 15.2 Å². The summed E-state index contributed by atoms with van der Waals surface area (Å²) in [4.78, 5) is 11.0. The van der Waals surface area contributed by atoms with Crippen LogP contribution in [0.25, 0.3) is 0 Å². The van der Waals surface area contributed by atoms with Crippen LogP contribution in [0.4, 0.5) is 0 Å². The molecule has 0 amide bonds. The Bertz CT molecular complexity index is 433. The molecule has 3 N–H and O–H groups in total. The van der Waals surface area contributed by atoms with Crippen LogP contribution in [-0.4, -0.2) is 31.3 Å². The van der Waals surface area contributed by atoms with Gasteiger partial charge < -0.3 is 20.3 Å². The molecule has 0 aliphatic carbocycles. The molecule has 2 unspecified atom stereocenters. The smallest absolute Gasteiger partial charge is 0.304 e. The van der Waals surface area contributed by atoms with Crippen LogP contribution in [0.2, 0.25) is 0 Å². The van der Waals surface area contributed by atoms with Crippen molar-refractivity contribution >= 4 is 5.97 Å². The zero-order chi connectivity index (χ0) is 14.4. The summed E-state index contributed by atoms with van der Waals surface area (Å²) in [5, 5.41) is 9.01. The van der Waals surface area contributed by atoms with Gasteiger partial charge in [0.05, 0.1) is 20.6 Å². The average molecular weight is 267 g/mol. The Kier molecular flexibility index (Phi) is 5.63. The van der Waals surface area contributed by atoms with E-state index in [9.17, 15) is 4.79 Å². The molecule has 0 radical (unpaired) electrons. The van der Waals surface area contributed by atoms with Gasteiger partial charge >= 0.3 is 5.97 Å². The van der Waals surface area contributed by atoms with Crippen LogP contribution in [0.1, 0.15) is 31.2 Å². The van der Waals surface area contributed by atoms with Gasteiger partial charge in [-0.25, -0.2) is 0 Å². The lowest BCUT2D eigenvalue weighted by Crippen LogP contribution is -2.29. The molecule has 0 aromatic heterocycles. The van der Waals surface area contributed by atoms with E-state index in [4.69, 9.17) is 20.3 Å². The standard InChI is InChI=1S/C14H21NO4/c1-4-11(15)10(8-14(16)17)9-5-6-12(18-2)13(7-9)19-3/h5-7,10-11H,4,8,15H2,1-3H3,(H,16,17). The van der Waals surface area contributed by atoms with E-state index in [-0.39, 0.29) is 18.4 Å². The summed E-state index contributed by atoms with van der Waals surface area (Å²) in [6, 6.07) is 5.20. The number of carboxylic acid groups (broad SMARTS) is 1. The Balaban J connectivity index is 3.11. The molecule has 0 fully saturated rings. The maximum absolute atomic E-state index is 11.0. The van der Waals surface area contributed by atoms with Crippen molar-refractivity contribution in [1.29, 1.82) is 0 Å². The normalized spacial score (nSPS) is 13.7. The average Bonchev–Trinajstić information content (AvgIpc) is 2.42.